The van der Waals surface area contributed by atoms with Crippen LogP contribution >= 0.6 is 0 Å². The summed E-state index contributed by atoms with van der Waals surface area (Å²) in [6.45, 7) is 0. The third-order valence-electron chi connectivity index (χ3n) is 3.62. The first-order valence-electron chi connectivity index (χ1n) is 7.27. The van der Waals surface area contributed by atoms with E-state index in [1.165, 1.54) is 0 Å². The maximum Gasteiger partial charge on any atom is 0.127 e. The highest BCUT2D eigenvalue weighted by atomic mass is 16.5. The van der Waals surface area contributed by atoms with Crippen LogP contribution in [-0.2, 0) is 7.05 Å². The highest BCUT2D eigenvalue weighted by molar-refractivity contribution is 5.89. The van der Waals surface area contributed by atoms with E-state index in [4.69, 9.17) is 4.74 Å². The first-order chi connectivity index (χ1) is 11.3. The molecule has 0 atom stereocenters. The van der Waals surface area contributed by atoms with Crippen LogP contribution in [0.5, 0.6) is 11.5 Å². The monoisotopic (exact) mass is 302 g/mol. The molecule has 0 aliphatic heterocycles. The Morgan fingerprint density at radius 1 is 0.913 bits per heavy atom. The van der Waals surface area contributed by atoms with Crippen molar-refractivity contribution in [3.8, 4) is 22.8 Å². The Kier molecular flexibility index (Phi) is 3.24. The number of aryl methyl sites for hydroxylation is 1. The summed E-state index contributed by atoms with van der Waals surface area (Å²) in [7, 11) is 1.89. The lowest BCUT2D eigenvalue weighted by Crippen LogP contribution is -1.90. The van der Waals surface area contributed by atoms with Gasteiger partial charge in [0.05, 0.1) is 6.20 Å². The number of hydrogen-bond donors (Lipinski definition) is 0. The molecule has 0 saturated carbocycles. The highest BCUT2D eigenvalue weighted by Gasteiger charge is 2.11. The summed E-state index contributed by atoms with van der Waals surface area (Å²) in [4.78, 5) is 8.39. The van der Waals surface area contributed by atoms with Crippen LogP contribution in [0.4, 0.5) is 0 Å². The number of benzene rings is 2. The molecule has 0 amide bonds. The molecule has 5 nitrogen and oxygen atoms in total. The predicted octanol–water partition coefficient (Wildman–Crippen LogP) is 3.82. The molecule has 4 aromatic rings. The minimum Gasteiger partial charge on any atom is -0.457 e. The van der Waals surface area contributed by atoms with Gasteiger partial charge in [0.2, 0.25) is 0 Å². The summed E-state index contributed by atoms with van der Waals surface area (Å²) < 4.78 is 7.60. The van der Waals surface area contributed by atoms with Gasteiger partial charge in [0, 0.05) is 12.6 Å². The van der Waals surface area contributed by atoms with E-state index in [9.17, 15) is 0 Å². The van der Waals surface area contributed by atoms with Crippen molar-refractivity contribution in [1.82, 2.24) is 19.7 Å². The van der Waals surface area contributed by atoms with E-state index in [0.29, 0.717) is 0 Å². The van der Waals surface area contributed by atoms with E-state index in [-0.39, 0.29) is 0 Å². The highest BCUT2D eigenvalue weighted by Crippen LogP contribution is 2.28. The Balaban J connectivity index is 1.67. The molecule has 2 aromatic heterocycles. The largest absolute Gasteiger partial charge is 0.457 e. The number of rotatable bonds is 3. The molecule has 0 radical (unpaired) electrons. The van der Waals surface area contributed by atoms with Gasteiger partial charge < -0.3 is 4.74 Å². The Labute approximate surface area is 133 Å². The second-order valence-electron chi connectivity index (χ2n) is 5.17. The summed E-state index contributed by atoms with van der Waals surface area (Å²) >= 11 is 0. The van der Waals surface area contributed by atoms with Crippen molar-refractivity contribution in [3.63, 3.8) is 0 Å². The van der Waals surface area contributed by atoms with Crippen LogP contribution in [0.15, 0.2) is 67.1 Å². The van der Waals surface area contributed by atoms with Gasteiger partial charge in [-0.25, -0.2) is 9.97 Å². The zero-order chi connectivity index (χ0) is 15.6. The maximum atomic E-state index is 5.81. The maximum absolute atomic E-state index is 5.81. The van der Waals surface area contributed by atoms with E-state index < -0.39 is 0 Å². The van der Waals surface area contributed by atoms with Crippen LogP contribution in [0.3, 0.4) is 0 Å². The summed E-state index contributed by atoms with van der Waals surface area (Å²) in [5.41, 5.74) is 3.59. The third-order valence-corrected chi connectivity index (χ3v) is 3.62. The van der Waals surface area contributed by atoms with Crippen molar-refractivity contribution >= 4 is 11.0 Å². The van der Waals surface area contributed by atoms with Gasteiger partial charge in [-0.2, -0.15) is 5.10 Å². The molecule has 0 unspecified atom stereocenters. The molecule has 0 aliphatic rings. The fraction of sp³-hybridized carbons (Fsp3) is 0.0556. The van der Waals surface area contributed by atoms with Crippen molar-refractivity contribution in [2.45, 2.75) is 0 Å². The molecule has 5 heteroatoms. The van der Waals surface area contributed by atoms with E-state index >= 15 is 0 Å². The van der Waals surface area contributed by atoms with Crippen molar-refractivity contribution < 1.29 is 4.74 Å². The van der Waals surface area contributed by atoms with Crippen molar-refractivity contribution in [3.05, 3.63) is 67.1 Å². The lowest BCUT2D eigenvalue weighted by molar-refractivity contribution is 0.483. The van der Waals surface area contributed by atoms with E-state index in [1.807, 2.05) is 61.6 Å². The molecule has 0 N–H and O–H groups in total. The summed E-state index contributed by atoms with van der Waals surface area (Å²) in [6.07, 6.45) is 3.31. The molecule has 2 aromatic carbocycles. The Hall–Kier alpha value is -3.21. The lowest BCUT2D eigenvalue weighted by Gasteiger charge is -2.05. The number of hydrogen-bond acceptors (Lipinski definition) is 4. The Bertz CT molecular complexity index is 946. The van der Waals surface area contributed by atoms with Crippen LogP contribution in [-0.4, -0.2) is 19.7 Å². The van der Waals surface area contributed by atoms with Gasteiger partial charge in [-0.1, -0.05) is 18.2 Å². The van der Waals surface area contributed by atoms with Gasteiger partial charge >= 0.3 is 0 Å². The van der Waals surface area contributed by atoms with E-state index in [0.717, 1.165) is 33.8 Å². The molecular formula is C18H14N4O. The average Bonchev–Trinajstić information content (AvgIpc) is 2.94. The SMILES string of the molecule is Cn1nc(-c2ccc(Oc3ccccc3)cc2)c2ncncc21. The van der Waals surface area contributed by atoms with Crippen molar-refractivity contribution in [1.29, 1.82) is 0 Å². The summed E-state index contributed by atoms with van der Waals surface area (Å²) in [5.74, 6) is 1.60. The average molecular weight is 302 g/mol. The fourth-order valence-electron chi connectivity index (χ4n) is 2.49. The number of aromatic nitrogens is 4. The molecular weight excluding hydrogens is 288 g/mol. The molecule has 0 aliphatic carbocycles. The predicted molar refractivity (Wildman–Crippen MR) is 88.3 cm³/mol. The first-order valence-corrected chi connectivity index (χ1v) is 7.27. The molecule has 0 saturated heterocycles. The van der Waals surface area contributed by atoms with Crippen LogP contribution in [0.25, 0.3) is 22.3 Å². The second kappa shape index (κ2) is 5.53. The van der Waals surface area contributed by atoms with Crippen LogP contribution in [0, 0.1) is 0 Å². The standard InChI is InChI=1S/C18H14N4O/c1-22-16-11-19-12-20-18(16)17(21-22)13-7-9-15(10-8-13)23-14-5-3-2-4-6-14/h2-12H,1H3. The fourth-order valence-corrected chi connectivity index (χ4v) is 2.49. The number of ether oxygens (including phenoxy) is 1. The smallest absolute Gasteiger partial charge is 0.127 e. The van der Waals surface area contributed by atoms with Crippen molar-refractivity contribution in [2.75, 3.05) is 0 Å². The molecule has 0 bridgehead atoms. The van der Waals surface area contributed by atoms with Gasteiger partial charge in [0.25, 0.3) is 0 Å². The van der Waals surface area contributed by atoms with Gasteiger partial charge in [-0.05, 0) is 36.4 Å². The van der Waals surface area contributed by atoms with Crippen molar-refractivity contribution in [2.24, 2.45) is 7.05 Å². The number of fused-ring (bicyclic) bond motifs is 1. The topological polar surface area (TPSA) is 52.8 Å². The lowest BCUT2D eigenvalue weighted by atomic mass is 10.1. The number of para-hydroxylation sites is 1. The van der Waals surface area contributed by atoms with Gasteiger partial charge in [0.15, 0.2) is 0 Å². The van der Waals surface area contributed by atoms with Gasteiger partial charge in [-0.3, -0.25) is 4.68 Å². The Morgan fingerprint density at radius 2 is 1.65 bits per heavy atom. The molecule has 2 heterocycles. The molecule has 0 spiro atoms. The van der Waals surface area contributed by atoms with Crippen LogP contribution < -0.4 is 4.74 Å². The molecule has 0 fully saturated rings. The van der Waals surface area contributed by atoms with Crippen LogP contribution in [0.1, 0.15) is 0 Å². The zero-order valence-electron chi connectivity index (χ0n) is 12.5. The quantitative estimate of drug-likeness (QED) is 0.577. The molecule has 112 valence electrons. The second-order valence-corrected chi connectivity index (χ2v) is 5.17. The zero-order valence-corrected chi connectivity index (χ0v) is 12.5. The van der Waals surface area contributed by atoms with Gasteiger partial charge in [0.1, 0.15) is 34.6 Å². The van der Waals surface area contributed by atoms with E-state index in [2.05, 4.69) is 15.1 Å². The van der Waals surface area contributed by atoms with Crippen LogP contribution in [0.2, 0.25) is 0 Å². The van der Waals surface area contributed by atoms with Gasteiger partial charge in [-0.15, -0.1) is 0 Å². The minimum atomic E-state index is 0.787. The molecule has 23 heavy (non-hydrogen) atoms. The molecule has 4 rings (SSSR count). The van der Waals surface area contributed by atoms with E-state index in [1.54, 1.807) is 17.2 Å². The minimum absolute atomic E-state index is 0.787. The normalized spacial score (nSPS) is 10.8. The summed E-state index contributed by atoms with van der Waals surface area (Å²) in [5, 5.41) is 4.55. The number of nitrogens with zero attached hydrogens (tertiary/aromatic N) is 4. The Morgan fingerprint density at radius 3 is 2.43 bits per heavy atom. The first kappa shape index (κ1) is 13.5. The third kappa shape index (κ3) is 2.53. The summed E-state index contributed by atoms with van der Waals surface area (Å²) in [6, 6.07) is 17.6.